The molecule has 2 atom stereocenters. The van der Waals surface area contributed by atoms with E-state index in [-0.39, 0.29) is 30.0 Å². The average molecular weight is 424 g/mol. The highest BCUT2D eigenvalue weighted by Gasteiger charge is 2.18. The lowest BCUT2D eigenvalue weighted by molar-refractivity contribution is 0.101. The smallest absolute Gasteiger partial charge is 0.240 e. The normalized spacial score (nSPS) is 13.3. The van der Waals surface area contributed by atoms with Crippen molar-refractivity contribution < 1.29 is 18.6 Å². The number of aliphatic hydroxyl groups excluding tert-OH is 1. The lowest BCUT2D eigenvalue weighted by Gasteiger charge is -2.19. The molecule has 2 heterocycles. The molecule has 0 aliphatic rings. The van der Waals surface area contributed by atoms with Crippen LogP contribution in [0.4, 0.5) is 14.7 Å². The largest absolute Gasteiger partial charge is 0.490 e. The Kier molecular flexibility index (Phi) is 5.81. The molecule has 3 N–H and O–H groups in total. The van der Waals surface area contributed by atoms with Crippen LogP contribution in [-0.4, -0.2) is 26.3 Å². The molecule has 0 aliphatic carbocycles. The predicted molar refractivity (Wildman–Crippen MR) is 113 cm³/mol. The Balaban J connectivity index is 1.43. The maximum Gasteiger partial charge on any atom is 0.240 e. The molecule has 6 nitrogen and oxygen atoms in total. The summed E-state index contributed by atoms with van der Waals surface area (Å²) in [6.07, 6.45) is 1.40. The number of nitrogens with zero attached hydrogens (tertiary/aromatic N) is 3. The van der Waals surface area contributed by atoms with Crippen molar-refractivity contribution in [2.45, 2.75) is 19.4 Å². The maximum atomic E-state index is 15.1. The Morgan fingerprint density at radius 3 is 2.68 bits per heavy atom. The first kappa shape index (κ1) is 20.7. The summed E-state index contributed by atoms with van der Waals surface area (Å²) in [7, 11) is 0. The fourth-order valence-corrected chi connectivity index (χ4v) is 3.41. The molecular weight excluding hydrogens is 402 g/mol. The molecule has 1 unspecified atom stereocenters. The van der Waals surface area contributed by atoms with Gasteiger partial charge in [0.2, 0.25) is 5.95 Å². The van der Waals surface area contributed by atoms with Gasteiger partial charge < -0.3 is 15.6 Å². The van der Waals surface area contributed by atoms with Crippen molar-refractivity contribution in [1.29, 1.82) is 0 Å². The van der Waals surface area contributed by atoms with Crippen LogP contribution in [0, 0.1) is 17.6 Å². The van der Waals surface area contributed by atoms with Gasteiger partial charge >= 0.3 is 0 Å². The number of hydrogen-bond donors (Lipinski definition) is 2. The highest BCUT2D eigenvalue weighted by molar-refractivity contribution is 5.69. The molecule has 8 heteroatoms. The third-order valence-electron chi connectivity index (χ3n) is 5.21. The quantitative estimate of drug-likeness (QED) is 0.459. The molecule has 0 radical (unpaired) electrons. The van der Waals surface area contributed by atoms with Gasteiger partial charge in [-0.05, 0) is 53.8 Å². The summed E-state index contributed by atoms with van der Waals surface area (Å²) in [5.74, 6) is -0.717. The standard InChI is InChI=1S/C23H22F2N4O2/c1-14(22(30)15-5-7-17(24)8-6-15)10-12-31-19-4-2-3-18(21(19)25)16-9-11-29-20(13-16)27-23(26)28-29/h2-9,11,13-14,22,30H,10,12H2,1H3,(H2,26,28)/t14-,22?/m0/s1. The molecule has 0 aliphatic heterocycles. The average Bonchev–Trinajstić information content (AvgIpc) is 3.14. The zero-order chi connectivity index (χ0) is 22.0. The molecule has 0 bridgehead atoms. The zero-order valence-corrected chi connectivity index (χ0v) is 16.9. The number of benzene rings is 2. The van der Waals surface area contributed by atoms with Gasteiger partial charge in [-0.25, -0.2) is 13.3 Å². The van der Waals surface area contributed by atoms with Crippen LogP contribution in [0.25, 0.3) is 16.8 Å². The Morgan fingerprint density at radius 2 is 1.90 bits per heavy atom. The van der Waals surface area contributed by atoms with Crippen molar-refractivity contribution in [3.05, 3.63) is 78.0 Å². The topological polar surface area (TPSA) is 85.7 Å². The fourth-order valence-electron chi connectivity index (χ4n) is 3.41. The van der Waals surface area contributed by atoms with Crippen LogP contribution < -0.4 is 10.5 Å². The van der Waals surface area contributed by atoms with Crippen LogP contribution in [0.2, 0.25) is 0 Å². The zero-order valence-electron chi connectivity index (χ0n) is 16.9. The highest BCUT2D eigenvalue weighted by Crippen LogP contribution is 2.30. The van der Waals surface area contributed by atoms with Gasteiger partial charge in [-0.1, -0.05) is 31.2 Å². The van der Waals surface area contributed by atoms with Crippen LogP contribution in [0.5, 0.6) is 5.75 Å². The molecule has 160 valence electrons. The Morgan fingerprint density at radius 1 is 1.13 bits per heavy atom. The van der Waals surface area contributed by atoms with Crippen LogP contribution in [0.3, 0.4) is 0 Å². The summed E-state index contributed by atoms with van der Waals surface area (Å²) in [4.78, 5) is 4.10. The van der Waals surface area contributed by atoms with E-state index in [1.54, 1.807) is 48.7 Å². The van der Waals surface area contributed by atoms with Crippen LogP contribution in [0.1, 0.15) is 25.0 Å². The first-order valence-electron chi connectivity index (χ1n) is 9.89. The lowest BCUT2D eigenvalue weighted by Crippen LogP contribution is -2.13. The highest BCUT2D eigenvalue weighted by atomic mass is 19.1. The summed E-state index contributed by atoms with van der Waals surface area (Å²) >= 11 is 0. The summed E-state index contributed by atoms with van der Waals surface area (Å²) in [5, 5.41) is 14.4. The van der Waals surface area contributed by atoms with E-state index in [9.17, 15) is 9.50 Å². The second kappa shape index (κ2) is 8.69. The van der Waals surface area contributed by atoms with Crippen LogP contribution >= 0.6 is 0 Å². The monoisotopic (exact) mass is 424 g/mol. The van der Waals surface area contributed by atoms with E-state index in [4.69, 9.17) is 10.5 Å². The number of nitrogen functional groups attached to an aromatic ring is 1. The molecule has 0 amide bonds. The number of ether oxygens (including phenoxy) is 1. The summed E-state index contributed by atoms with van der Waals surface area (Å²) < 4.78 is 35.3. The molecule has 31 heavy (non-hydrogen) atoms. The number of aliphatic hydroxyl groups is 1. The van der Waals surface area contributed by atoms with E-state index in [2.05, 4.69) is 10.1 Å². The van der Waals surface area contributed by atoms with Crippen molar-refractivity contribution in [3.63, 3.8) is 0 Å². The summed E-state index contributed by atoms with van der Waals surface area (Å²) in [5.41, 5.74) is 7.76. The van der Waals surface area contributed by atoms with E-state index >= 15 is 4.39 Å². The minimum atomic E-state index is -0.761. The number of hydrogen-bond acceptors (Lipinski definition) is 5. The number of aromatic nitrogens is 3. The number of rotatable bonds is 7. The Hall–Kier alpha value is -3.52. The van der Waals surface area contributed by atoms with E-state index < -0.39 is 11.9 Å². The number of fused-ring (bicyclic) bond motifs is 1. The lowest BCUT2D eigenvalue weighted by atomic mass is 9.95. The van der Waals surface area contributed by atoms with E-state index in [1.165, 1.54) is 16.6 Å². The molecule has 0 saturated carbocycles. The van der Waals surface area contributed by atoms with Gasteiger partial charge in [-0.15, -0.1) is 5.10 Å². The Bertz CT molecular complexity index is 1190. The van der Waals surface area contributed by atoms with Gasteiger partial charge in [0, 0.05) is 11.8 Å². The van der Waals surface area contributed by atoms with E-state index in [0.717, 1.165) is 0 Å². The van der Waals surface area contributed by atoms with Crippen molar-refractivity contribution in [3.8, 4) is 16.9 Å². The van der Waals surface area contributed by atoms with E-state index in [0.29, 0.717) is 28.8 Å². The van der Waals surface area contributed by atoms with Gasteiger partial charge in [0.05, 0.1) is 12.7 Å². The molecular formula is C23H22F2N4O2. The Labute approximate surface area is 177 Å². The molecule has 0 saturated heterocycles. The van der Waals surface area contributed by atoms with Crippen molar-refractivity contribution in [1.82, 2.24) is 14.6 Å². The maximum absolute atomic E-state index is 15.1. The SMILES string of the molecule is C[C@@H](CCOc1cccc(-c2ccn3nc(N)nc3c2)c1F)C(O)c1ccc(F)cc1. The van der Waals surface area contributed by atoms with Gasteiger partial charge in [0.25, 0.3) is 0 Å². The van der Waals surface area contributed by atoms with Crippen molar-refractivity contribution >= 4 is 11.6 Å². The van der Waals surface area contributed by atoms with Crippen molar-refractivity contribution in [2.24, 2.45) is 5.92 Å². The molecule has 2 aromatic carbocycles. The second-order valence-electron chi connectivity index (χ2n) is 7.42. The van der Waals surface area contributed by atoms with Gasteiger partial charge in [-0.3, -0.25) is 0 Å². The summed E-state index contributed by atoms with van der Waals surface area (Å²) in [6, 6.07) is 14.1. The predicted octanol–water partition coefficient (Wildman–Crippen LogP) is 4.40. The van der Waals surface area contributed by atoms with Gasteiger partial charge in [0.1, 0.15) is 5.82 Å². The first-order valence-corrected chi connectivity index (χ1v) is 9.89. The molecule has 4 aromatic rings. The minimum Gasteiger partial charge on any atom is -0.490 e. The van der Waals surface area contributed by atoms with Crippen LogP contribution in [-0.2, 0) is 0 Å². The van der Waals surface area contributed by atoms with E-state index in [1.807, 2.05) is 6.92 Å². The summed E-state index contributed by atoms with van der Waals surface area (Å²) in [6.45, 7) is 2.09. The first-order chi connectivity index (χ1) is 14.9. The van der Waals surface area contributed by atoms with Gasteiger partial charge in [0.15, 0.2) is 17.2 Å². The third kappa shape index (κ3) is 4.49. The number of halogens is 2. The molecule has 2 aromatic heterocycles. The number of pyridine rings is 1. The van der Waals surface area contributed by atoms with Gasteiger partial charge in [-0.2, -0.15) is 4.98 Å². The number of anilines is 1. The molecule has 0 spiro atoms. The molecule has 4 rings (SSSR count). The van der Waals surface area contributed by atoms with Crippen molar-refractivity contribution in [2.75, 3.05) is 12.3 Å². The third-order valence-corrected chi connectivity index (χ3v) is 5.21. The number of nitrogens with two attached hydrogens (primary N) is 1. The fraction of sp³-hybridized carbons (Fsp3) is 0.217. The molecule has 0 fully saturated rings. The second-order valence-corrected chi connectivity index (χ2v) is 7.42. The minimum absolute atomic E-state index is 0.127. The van der Waals surface area contributed by atoms with Crippen LogP contribution in [0.15, 0.2) is 60.8 Å².